The number of carbonyl (C=O) groups is 2. The van der Waals surface area contributed by atoms with Crippen LogP contribution in [0.15, 0.2) is 84.9 Å². The van der Waals surface area contributed by atoms with Crippen molar-refractivity contribution in [1.82, 2.24) is 0 Å². The van der Waals surface area contributed by atoms with Crippen molar-refractivity contribution in [3.63, 3.8) is 0 Å². The molecule has 0 unspecified atom stereocenters. The van der Waals surface area contributed by atoms with Crippen LogP contribution in [-0.2, 0) is 12.8 Å². The molecule has 3 aromatic rings. The minimum atomic E-state index is 0.0650. The lowest BCUT2D eigenvalue weighted by Gasteiger charge is -2.09. The molecule has 0 amide bonds. The molecule has 0 saturated carbocycles. The Balaban J connectivity index is 1.78. The SMILES string of the molecule is O=C(Cc1ccccc1CC(=O)c1ccccc1)c1ccccc1. The van der Waals surface area contributed by atoms with Gasteiger partial charge in [-0.2, -0.15) is 0 Å². The van der Waals surface area contributed by atoms with E-state index in [0.29, 0.717) is 24.0 Å². The Morgan fingerprint density at radius 1 is 0.500 bits per heavy atom. The van der Waals surface area contributed by atoms with Crippen LogP contribution in [0.4, 0.5) is 0 Å². The molecule has 0 aliphatic heterocycles. The molecule has 0 aliphatic carbocycles. The molecule has 0 N–H and O–H groups in total. The van der Waals surface area contributed by atoms with Gasteiger partial charge in [-0.15, -0.1) is 0 Å². The lowest BCUT2D eigenvalue weighted by atomic mass is 9.94. The van der Waals surface area contributed by atoms with Crippen molar-refractivity contribution in [3.05, 3.63) is 107 Å². The first-order valence-electron chi connectivity index (χ1n) is 7.97. The number of carbonyl (C=O) groups excluding carboxylic acids is 2. The highest BCUT2D eigenvalue weighted by Crippen LogP contribution is 2.15. The van der Waals surface area contributed by atoms with Gasteiger partial charge in [-0.3, -0.25) is 9.59 Å². The fourth-order valence-electron chi connectivity index (χ4n) is 2.70. The monoisotopic (exact) mass is 314 g/mol. The average molecular weight is 314 g/mol. The fourth-order valence-corrected chi connectivity index (χ4v) is 2.70. The first-order valence-corrected chi connectivity index (χ1v) is 7.97. The fraction of sp³-hybridized carbons (Fsp3) is 0.0909. The largest absolute Gasteiger partial charge is 0.294 e. The average Bonchev–Trinajstić information content (AvgIpc) is 2.64. The maximum Gasteiger partial charge on any atom is 0.167 e. The summed E-state index contributed by atoms with van der Waals surface area (Å²) in [6.07, 6.45) is 0.616. The standard InChI is InChI=1S/C22H18O2/c23-21(17-9-3-1-4-10-17)15-19-13-7-8-14-20(19)16-22(24)18-11-5-2-6-12-18/h1-14H,15-16H2. The Hall–Kier alpha value is -3.00. The van der Waals surface area contributed by atoms with Crippen LogP contribution in [0, 0.1) is 0 Å². The number of hydrogen-bond donors (Lipinski definition) is 0. The maximum atomic E-state index is 12.4. The molecule has 0 aromatic heterocycles. The van der Waals surface area contributed by atoms with Crippen molar-refractivity contribution < 1.29 is 9.59 Å². The molecule has 0 saturated heterocycles. The van der Waals surface area contributed by atoms with E-state index in [1.807, 2.05) is 84.9 Å². The molecule has 0 aliphatic rings. The third-order valence-corrected chi connectivity index (χ3v) is 4.01. The van der Waals surface area contributed by atoms with E-state index in [1.54, 1.807) is 0 Å². The molecule has 0 bridgehead atoms. The number of Topliss-reactive ketones (excluding diaryl/α,β-unsaturated/α-hetero) is 2. The number of benzene rings is 3. The van der Waals surface area contributed by atoms with Crippen molar-refractivity contribution in [3.8, 4) is 0 Å². The van der Waals surface area contributed by atoms with Gasteiger partial charge >= 0.3 is 0 Å². The first-order chi connectivity index (χ1) is 11.7. The van der Waals surface area contributed by atoms with Gasteiger partial charge in [0.15, 0.2) is 11.6 Å². The van der Waals surface area contributed by atoms with E-state index in [0.717, 1.165) is 11.1 Å². The van der Waals surface area contributed by atoms with Crippen LogP contribution in [0.1, 0.15) is 31.8 Å². The second kappa shape index (κ2) is 7.51. The molecule has 0 heterocycles. The van der Waals surface area contributed by atoms with E-state index in [9.17, 15) is 9.59 Å². The van der Waals surface area contributed by atoms with Crippen LogP contribution >= 0.6 is 0 Å². The normalized spacial score (nSPS) is 10.3. The zero-order valence-electron chi connectivity index (χ0n) is 13.3. The van der Waals surface area contributed by atoms with Crippen molar-refractivity contribution in [2.75, 3.05) is 0 Å². The molecule has 24 heavy (non-hydrogen) atoms. The number of hydrogen-bond acceptors (Lipinski definition) is 2. The summed E-state index contributed by atoms with van der Waals surface area (Å²) in [7, 11) is 0. The molecule has 2 nitrogen and oxygen atoms in total. The second-order valence-electron chi connectivity index (χ2n) is 5.70. The van der Waals surface area contributed by atoms with Gasteiger partial charge in [0.25, 0.3) is 0 Å². The van der Waals surface area contributed by atoms with E-state index < -0.39 is 0 Å². The molecule has 0 fully saturated rings. The van der Waals surface area contributed by atoms with Gasteiger partial charge in [-0.25, -0.2) is 0 Å². The Morgan fingerprint density at radius 3 is 1.21 bits per heavy atom. The summed E-state index contributed by atoms with van der Waals surface area (Å²) in [5.74, 6) is 0.130. The first kappa shape index (κ1) is 15.9. The predicted octanol–water partition coefficient (Wildman–Crippen LogP) is 4.54. The van der Waals surface area contributed by atoms with Gasteiger partial charge in [-0.1, -0.05) is 84.9 Å². The summed E-state index contributed by atoms with van der Waals surface area (Å²) in [4.78, 5) is 24.9. The molecule has 118 valence electrons. The van der Waals surface area contributed by atoms with Gasteiger partial charge in [0.05, 0.1) is 0 Å². The van der Waals surface area contributed by atoms with Crippen LogP contribution in [-0.4, -0.2) is 11.6 Å². The summed E-state index contributed by atoms with van der Waals surface area (Å²) in [5.41, 5.74) is 3.22. The Kier molecular flexibility index (Phi) is 4.97. The molecule has 2 heteroatoms. The second-order valence-corrected chi connectivity index (χ2v) is 5.70. The van der Waals surface area contributed by atoms with Gasteiger partial charge in [-0.05, 0) is 11.1 Å². The van der Waals surface area contributed by atoms with E-state index in [2.05, 4.69) is 0 Å². The highest BCUT2D eigenvalue weighted by atomic mass is 16.1. The molecule has 0 spiro atoms. The van der Waals surface area contributed by atoms with Gasteiger partial charge in [0.1, 0.15) is 0 Å². The van der Waals surface area contributed by atoms with E-state index in [1.165, 1.54) is 0 Å². The predicted molar refractivity (Wildman–Crippen MR) is 95.4 cm³/mol. The highest BCUT2D eigenvalue weighted by Gasteiger charge is 2.13. The third-order valence-electron chi connectivity index (χ3n) is 4.01. The van der Waals surface area contributed by atoms with Crippen molar-refractivity contribution >= 4 is 11.6 Å². The van der Waals surface area contributed by atoms with Gasteiger partial charge < -0.3 is 0 Å². The number of ketones is 2. The Bertz CT molecular complexity index is 764. The van der Waals surface area contributed by atoms with Gasteiger partial charge in [0, 0.05) is 24.0 Å². The van der Waals surface area contributed by atoms with Crippen molar-refractivity contribution in [2.45, 2.75) is 12.8 Å². The van der Waals surface area contributed by atoms with Crippen LogP contribution in [0.25, 0.3) is 0 Å². The van der Waals surface area contributed by atoms with E-state index >= 15 is 0 Å². The third kappa shape index (κ3) is 3.85. The van der Waals surface area contributed by atoms with Crippen LogP contribution < -0.4 is 0 Å². The Labute approximate surface area is 141 Å². The highest BCUT2D eigenvalue weighted by molar-refractivity contribution is 5.99. The quantitative estimate of drug-likeness (QED) is 0.626. The van der Waals surface area contributed by atoms with Crippen molar-refractivity contribution in [2.24, 2.45) is 0 Å². The Morgan fingerprint density at radius 2 is 0.833 bits per heavy atom. The zero-order valence-corrected chi connectivity index (χ0v) is 13.3. The molecule has 0 atom stereocenters. The molecular weight excluding hydrogens is 296 g/mol. The molecule has 3 rings (SSSR count). The van der Waals surface area contributed by atoms with E-state index in [4.69, 9.17) is 0 Å². The van der Waals surface area contributed by atoms with Crippen LogP contribution in [0.5, 0.6) is 0 Å². The lowest BCUT2D eigenvalue weighted by molar-refractivity contribution is 0.0978. The van der Waals surface area contributed by atoms with Crippen LogP contribution in [0.2, 0.25) is 0 Å². The molecule has 3 aromatic carbocycles. The number of rotatable bonds is 6. The topological polar surface area (TPSA) is 34.1 Å². The summed E-state index contributed by atoms with van der Waals surface area (Å²) in [5, 5.41) is 0. The molecular formula is C22H18O2. The smallest absolute Gasteiger partial charge is 0.167 e. The minimum Gasteiger partial charge on any atom is -0.294 e. The molecule has 0 radical (unpaired) electrons. The van der Waals surface area contributed by atoms with Crippen molar-refractivity contribution in [1.29, 1.82) is 0 Å². The summed E-state index contributed by atoms with van der Waals surface area (Å²) < 4.78 is 0. The van der Waals surface area contributed by atoms with E-state index in [-0.39, 0.29) is 11.6 Å². The van der Waals surface area contributed by atoms with Crippen LogP contribution in [0.3, 0.4) is 0 Å². The van der Waals surface area contributed by atoms with Gasteiger partial charge in [0.2, 0.25) is 0 Å². The zero-order chi connectivity index (χ0) is 16.8. The summed E-state index contributed by atoms with van der Waals surface area (Å²) >= 11 is 0. The lowest BCUT2D eigenvalue weighted by Crippen LogP contribution is -2.09. The maximum absolute atomic E-state index is 12.4. The summed E-state index contributed by atoms with van der Waals surface area (Å²) in [6.45, 7) is 0. The summed E-state index contributed by atoms with van der Waals surface area (Å²) in [6, 6.07) is 26.2. The minimum absolute atomic E-state index is 0.0650.